The normalized spacial score (nSPS) is 10.7. The first-order valence-electron chi connectivity index (χ1n) is 5.29. The summed E-state index contributed by atoms with van der Waals surface area (Å²) in [4.78, 5) is 8.29. The minimum absolute atomic E-state index is 0.0101. The number of ether oxygens (including phenoxy) is 1. The highest BCUT2D eigenvalue weighted by Gasteiger charge is 2.15. The van der Waals surface area contributed by atoms with Crippen LogP contribution in [-0.4, -0.2) is 17.1 Å². The summed E-state index contributed by atoms with van der Waals surface area (Å²) >= 11 is 9.01. The van der Waals surface area contributed by atoms with E-state index < -0.39 is 5.82 Å². The van der Waals surface area contributed by atoms with E-state index in [9.17, 15) is 4.39 Å². The number of nitrogen functional groups attached to an aromatic ring is 1. The number of methoxy groups -OCH3 is 1. The summed E-state index contributed by atoms with van der Waals surface area (Å²) in [7, 11) is 1.53. The minimum Gasteiger partial charge on any atom is -0.383 e. The highest BCUT2D eigenvalue weighted by atomic mass is 79.9. The predicted octanol–water partition coefficient (Wildman–Crippen LogP) is 3.43. The Kier molecular flexibility index (Phi) is 4.34. The molecule has 2 N–H and O–H groups in total. The molecule has 1 heterocycles. The fourth-order valence-electron chi connectivity index (χ4n) is 1.54. The van der Waals surface area contributed by atoms with Gasteiger partial charge in [0.05, 0.1) is 27.4 Å². The first-order valence-corrected chi connectivity index (χ1v) is 6.47. The van der Waals surface area contributed by atoms with Gasteiger partial charge in [-0.05, 0) is 28.1 Å². The molecule has 0 fully saturated rings. The number of nitrogens with zero attached hydrogens (tertiary/aromatic N) is 2. The van der Waals surface area contributed by atoms with Gasteiger partial charge in [0.1, 0.15) is 5.82 Å². The third-order valence-electron chi connectivity index (χ3n) is 2.42. The molecule has 0 aliphatic rings. The second kappa shape index (κ2) is 5.81. The lowest BCUT2D eigenvalue weighted by Gasteiger charge is -2.09. The SMILES string of the molecule is COCc1nc(-c2cccc(Cl)c2F)nc(N)c1Br. The van der Waals surface area contributed by atoms with Gasteiger partial charge in [-0.2, -0.15) is 0 Å². The maximum absolute atomic E-state index is 13.9. The van der Waals surface area contributed by atoms with E-state index in [1.807, 2.05) is 0 Å². The smallest absolute Gasteiger partial charge is 0.164 e. The maximum atomic E-state index is 13.9. The van der Waals surface area contributed by atoms with Crippen molar-refractivity contribution in [2.45, 2.75) is 6.61 Å². The van der Waals surface area contributed by atoms with Crippen LogP contribution < -0.4 is 5.73 Å². The molecule has 1 aromatic carbocycles. The summed E-state index contributed by atoms with van der Waals surface area (Å²) in [6.07, 6.45) is 0. The monoisotopic (exact) mass is 345 g/mol. The molecule has 0 amide bonds. The summed E-state index contributed by atoms with van der Waals surface area (Å²) in [6.45, 7) is 0.239. The highest BCUT2D eigenvalue weighted by Crippen LogP contribution is 2.29. The topological polar surface area (TPSA) is 61.0 Å². The molecule has 100 valence electrons. The minimum atomic E-state index is -0.575. The molecule has 4 nitrogen and oxygen atoms in total. The molecule has 0 unspecified atom stereocenters. The Morgan fingerprint density at radius 2 is 2.16 bits per heavy atom. The molecular weight excluding hydrogens is 337 g/mol. The van der Waals surface area contributed by atoms with Crippen molar-refractivity contribution in [2.75, 3.05) is 12.8 Å². The van der Waals surface area contributed by atoms with Gasteiger partial charge in [-0.15, -0.1) is 0 Å². The van der Waals surface area contributed by atoms with Crippen molar-refractivity contribution in [2.24, 2.45) is 0 Å². The molecule has 0 saturated carbocycles. The Balaban J connectivity index is 2.59. The second-order valence-corrected chi connectivity index (χ2v) is 4.93. The van der Waals surface area contributed by atoms with Crippen molar-refractivity contribution in [1.29, 1.82) is 0 Å². The van der Waals surface area contributed by atoms with E-state index in [1.165, 1.54) is 13.2 Å². The van der Waals surface area contributed by atoms with Crippen LogP contribution in [0.1, 0.15) is 5.69 Å². The molecule has 0 spiro atoms. The number of hydrogen-bond donors (Lipinski definition) is 1. The van der Waals surface area contributed by atoms with Gasteiger partial charge in [-0.25, -0.2) is 14.4 Å². The standard InChI is InChI=1S/C12H10BrClFN3O/c1-19-5-8-9(13)11(16)18-12(17-8)6-3-2-4-7(14)10(6)15/h2-4H,5H2,1H3,(H2,16,17,18). The number of aromatic nitrogens is 2. The van der Waals surface area contributed by atoms with E-state index in [-0.39, 0.29) is 28.8 Å². The highest BCUT2D eigenvalue weighted by molar-refractivity contribution is 9.10. The number of anilines is 1. The maximum Gasteiger partial charge on any atom is 0.164 e. The second-order valence-electron chi connectivity index (χ2n) is 3.73. The predicted molar refractivity (Wildman–Crippen MR) is 75.3 cm³/mol. The fourth-order valence-corrected chi connectivity index (χ4v) is 2.01. The molecule has 1 aromatic heterocycles. The van der Waals surface area contributed by atoms with Crippen molar-refractivity contribution in [3.05, 3.63) is 39.2 Å². The molecule has 0 aliphatic carbocycles. The van der Waals surface area contributed by atoms with Crippen LogP contribution >= 0.6 is 27.5 Å². The Morgan fingerprint density at radius 1 is 1.42 bits per heavy atom. The first-order chi connectivity index (χ1) is 9.04. The van der Waals surface area contributed by atoms with E-state index >= 15 is 0 Å². The lowest BCUT2D eigenvalue weighted by molar-refractivity contribution is 0.181. The lowest BCUT2D eigenvalue weighted by atomic mass is 10.2. The van der Waals surface area contributed by atoms with Crippen LogP contribution in [0.2, 0.25) is 5.02 Å². The van der Waals surface area contributed by atoms with Gasteiger partial charge >= 0.3 is 0 Å². The van der Waals surface area contributed by atoms with Crippen molar-refractivity contribution in [3.8, 4) is 11.4 Å². The van der Waals surface area contributed by atoms with Crippen molar-refractivity contribution in [3.63, 3.8) is 0 Å². The van der Waals surface area contributed by atoms with E-state index in [0.717, 1.165) is 0 Å². The number of halogens is 3. The zero-order valence-corrected chi connectivity index (χ0v) is 12.3. The molecule has 2 aromatic rings. The molecule has 7 heteroatoms. The molecular formula is C12H10BrClFN3O. The first kappa shape index (κ1) is 14.2. The van der Waals surface area contributed by atoms with Crippen LogP contribution in [0, 0.1) is 5.82 Å². The van der Waals surface area contributed by atoms with E-state index in [2.05, 4.69) is 25.9 Å². The molecule has 0 atom stereocenters. The van der Waals surface area contributed by atoms with Crippen LogP contribution in [0.4, 0.5) is 10.2 Å². The van der Waals surface area contributed by atoms with Crippen molar-refractivity contribution in [1.82, 2.24) is 9.97 Å². The van der Waals surface area contributed by atoms with Gasteiger partial charge in [0, 0.05) is 7.11 Å². The van der Waals surface area contributed by atoms with Crippen molar-refractivity contribution >= 4 is 33.3 Å². The number of benzene rings is 1. The van der Waals surface area contributed by atoms with Crippen LogP contribution in [0.25, 0.3) is 11.4 Å². The molecule has 2 rings (SSSR count). The summed E-state index contributed by atoms with van der Waals surface area (Å²) in [5, 5.41) is 0.0101. The third kappa shape index (κ3) is 2.86. The van der Waals surface area contributed by atoms with E-state index in [4.69, 9.17) is 22.1 Å². The van der Waals surface area contributed by atoms with Crippen molar-refractivity contribution < 1.29 is 9.13 Å². The van der Waals surface area contributed by atoms with Gasteiger partial charge in [0.25, 0.3) is 0 Å². The Bertz CT molecular complexity index is 624. The summed E-state index contributed by atoms with van der Waals surface area (Å²) < 4.78 is 19.5. The Morgan fingerprint density at radius 3 is 2.84 bits per heavy atom. The summed E-state index contributed by atoms with van der Waals surface area (Å²) in [5.41, 5.74) is 6.51. The largest absolute Gasteiger partial charge is 0.383 e. The summed E-state index contributed by atoms with van der Waals surface area (Å²) in [6, 6.07) is 4.62. The van der Waals surface area contributed by atoms with Gasteiger partial charge in [0.2, 0.25) is 0 Å². The molecule has 0 aliphatic heterocycles. The molecule has 0 bridgehead atoms. The molecule has 0 radical (unpaired) electrons. The van der Waals surface area contributed by atoms with E-state index in [1.54, 1.807) is 12.1 Å². The van der Waals surface area contributed by atoms with Gasteiger partial charge in [-0.3, -0.25) is 0 Å². The average molecular weight is 347 g/mol. The Hall–Kier alpha value is -1.24. The van der Waals surface area contributed by atoms with Crippen LogP contribution in [0.3, 0.4) is 0 Å². The van der Waals surface area contributed by atoms with Crippen LogP contribution in [0.15, 0.2) is 22.7 Å². The van der Waals surface area contributed by atoms with Gasteiger partial charge in [0.15, 0.2) is 11.6 Å². The van der Waals surface area contributed by atoms with Crippen LogP contribution in [0.5, 0.6) is 0 Å². The average Bonchev–Trinajstić information content (AvgIpc) is 2.38. The zero-order valence-electron chi connectivity index (χ0n) is 9.95. The zero-order chi connectivity index (χ0) is 14.0. The van der Waals surface area contributed by atoms with Gasteiger partial charge in [-0.1, -0.05) is 17.7 Å². The lowest BCUT2D eigenvalue weighted by Crippen LogP contribution is -2.04. The quantitative estimate of drug-likeness (QED) is 0.925. The molecule has 19 heavy (non-hydrogen) atoms. The number of rotatable bonds is 3. The third-order valence-corrected chi connectivity index (χ3v) is 3.57. The number of nitrogens with two attached hydrogens (primary N) is 1. The summed E-state index contributed by atoms with van der Waals surface area (Å²) in [5.74, 6) is -0.182. The van der Waals surface area contributed by atoms with Crippen LogP contribution in [-0.2, 0) is 11.3 Å². The van der Waals surface area contributed by atoms with Gasteiger partial charge < -0.3 is 10.5 Å². The fraction of sp³-hybridized carbons (Fsp3) is 0.167. The number of hydrogen-bond acceptors (Lipinski definition) is 4. The Labute approximate surface area is 122 Å². The molecule has 0 saturated heterocycles. The van der Waals surface area contributed by atoms with E-state index in [0.29, 0.717) is 10.2 Å².